The number of carbonyl (C=O) groups excluding carboxylic acids is 1. The Balaban J connectivity index is 1.71. The molecule has 0 atom stereocenters. The lowest BCUT2D eigenvalue weighted by Gasteiger charge is -2.10. The van der Waals surface area contributed by atoms with Crippen LogP contribution in [0, 0.1) is 0 Å². The van der Waals surface area contributed by atoms with Crippen molar-refractivity contribution in [1.82, 2.24) is 15.6 Å². The Morgan fingerprint density at radius 2 is 2.14 bits per heavy atom. The number of aryl methyl sites for hydroxylation is 1. The minimum atomic E-state index is -0.325. The molecule has 0 fully saturated rings. The van der Waals surface area contributed by atoms with E-state index in [1.54, 1.807) is 18.2 Å². The largest absolute Gasteiger partial charge is 0.292 e. The third-order valence-electron chi connectivity index (χ3n) is 3.62. The number of H-pyrrole nitrogens is 1. The van der Waals surface area contributed by atoms with Crippen molar-refractivity contribution in [3.63, 3.8) is 0 Å². The zero-order valence-corrected chi connectivity index (χ0v) is 13.2. The van der Waals surface area contributed by atoms with Crippen LogP contribution in [0.25, 0.3) is 0 Å². The smallest absolute Gasteiger partial charge is 0.281 e. The number of nitrogens with zero attached hydrogens (tertiary/aromatic N) is 2. The van der Waals surface area contributed by atoms with E-state index in [1.165, 1.54) is 6.21 Å². The summed E-state index contributed by atoms with van der Waals surface area (Å²) in [6.45, 7) is 0. The highest BCUT2D eigenvalue weighted by molar-refractivity contribution is 6.43. The average Bonchev–Trinajstić information content (AvgIpc) is 2.95. The molecular weight excluding hydrogens is 323 g/mol. The second-order valence-electron chi connectivity index (χ2n) is 5.08. The Bertz CT molecular complexity index is 739. The van der Waals surface area contributed by atoms with Gasteiger partial charge in [0.05, 0.1) is 16.3 Å². The lowest BCUT2D eigenvalue weighted by molar-refractivity contribution is 0.0949. The van der Waals surface area contributed by atoms with E-state index in [1.807, 2.05) is 0 Å². The molecule has 7 heteroatoms. The summed E-state index contributed by atoms with van der Waals surface area (Å²) < 4.78 is 0. The highest BCUT2D eigenvalue weighted by Gasteiger charge is 2.21. The minimum Gasteiger partial charge on any atom is -0.281 e. The van der Waals surface area contributed by atoms with E-state index in [2.05, 4.69) is 20.7 Å². The number of rotatable bonds is 3. The van der Waals surface area contributed by atoms with E-state index >= 15 is 0 Å². The van der Waals surface area contributed by atoms with Crippen molar-refractivity contribution in [3.05, 3.63) is 50.8 Å². The minimum absolute atomic E-state index is 0.325. The molecule has 0 spiro atoms. The van der Waals surface area contributed by atoms with Crippen LogP contribution in [0.1, 0.15) is 40.2 Å². The molecule has 2 aromatic rings. The predicted molar refractivity (Wildman–Crippen MR) is 86.8 cm³/mol. The fourth-order valence-corrected chi connectivity index (χ4v) is 2.86. The van der Waals surface area contributed by atoms with Gasteiger partial charge in [-0.2, -0.15) is 10.2 Å². The molecule has 22 heavy (non-hydrogen) atoms. The van der Waals surface area contributed by atoms with Gasteiger partial charge in [-0.1, -0.05) is 35.3 Å². The zero-order valence-electron chi connectivity index (χ0n) is 11.7. The number of halogens is 2. The first-order valence-corrected chi connectivity index (χ1v) is 7.76. The summed E-state index contributed by atoms with van der Waals surface area (Å²) in [6, 6.07) is 5.22. The van der Waals surface area contributed by atoms with Crippen LogP contribution in [-0.2, 0) is 12.8 Å². The lowest BCUT2D eigenvalue weighted by Crippen LogP contribution is -2.20. The maximum Gasteiger partial charge on any atom is 0.292 e. The van der Waals surface area contributed by atoms with E-state index in [9.17, 15) is 4.79 Å². The Morgan fingerprint density at radius 1 is 1.32 bits per heavy atom. The Kier molecular flexibility index (Phi) is 4.45. The topological polar surface area (TPSA) is 70.1 Å². The molecule has 3 rings (SSSR count). The number of aromatic nitrogens is 2. The van der Waals surface area contributed by atoms with Crippen molar-refractivity contribution in [1.29, 1.82) is 0 Å². The molecule has 5 nitrogen and oxygen atoms in total. The molecule has 0 bridgehead atoms. The number of hydrogen-bond donors (Lipinski definition) is 2. The predicted octanol–water partition coefficient (Wildman–Crippen LogP) is 3.36. The first kappa shape index (κ1) is 15.1. The second kappa shape index (κ2) is 6.50. The fourth-order valence-electron chi connectivity index (χ4n) is 2.50. The third-order valence-corrected chi connectivity index (χ3v) is 4.46. The van der Waals surface area contributed by atoms with Gasteiger partial charge < -0.3 is 0 Å². The number of nitrogens with one attached hydrogen (secondary N) is 2. The van der Waals surface area contributed by atoms with Gasteiger partial charge >= 0.3 is 0 Å². The molecule has 0 saturated carbocycles. The van der Waals surface area contributed by atoms with Crippen molar-refractivity contribution in [3.8, 4) is 0 Å². The van der Waals surface area contributed by atoms with E-state index in [0.717, 1.165) is 36.9 Å². The molecular formula is C15H14Cl2N4O. The summed E-state index contributed by atoms with van der Waals surface area (Å²) in [5.74, 6) is -0.325. The van der Waals surface area contributed by atoms with E-state index in [0.29, 0.717) is 21.3 Å². The van der Waals surface area contributed by atoms with Gasteiger partial charge in [0.2, 0.25) is 0 Å². The monoisotopic (exact) mass is 336 g/mol. The lowest BCUT2D eigenvalue weighted by atomic mass is 9.96. The molecule has 0 aliphatic heterocycles. The number of aromatic amines is 1. The van der Waals surface area contributed by atoms with E-state index < -0.39 is 0 Å². The maximum atomic E-state index is 12.2. The van der Waals surface area contributed by atoms with Crippen molar-refractivity contribution < 1.29 is 4.79 Å². The summed E-state index contributed by atoms with van der Waals surface area (Å²) in [7, 11) is 0. The van der Waals surface area contributed by atoms with E-state index in [-0.39, 0.29) is 5.91 Å². The number of fused-ring (bicyclic) bond motifs is 1. The number of carbonyl (C=O) groups is 1. The van der Waals surface area contributed by atoms with Crippen LogP contribution in [0.4, 0.5) is 0 Å². The van der Waals surface area contributed by atoms with Gasteiger partial charge in [0, 0.05) is 16.8 Å². The highest BCUT2D eigenvalue weighted by atomic mass is 35.5. The number of hydrogen-bond acceptors (Lipinski definition) is 3. The van der Waals surface area contributed by atoms with Gasteiger partial charge in [-0.15, -0.1) is 0 Å². The van der Waals surface area contributed by atoms with Crippen LogP contribution in [0.15, 0.2) is 23.3 Å². The molecule has 0 unspecified atom stereocenters. The Hall–Kier alpha value is -1.85. The van der Waals surface area contributed by atoms with Crippen LogP contribution >= 0.6 is 23.2 Å². The van der Waals surface area contributed by atoms with Crippen LogP contribution in [0.2, 0.25) is 10.0 Å². The molecule has 2 N–H and O–H groups in total. The summed E-state index contributed by atoms with van der Waals surface area (Å²) >= 11 is 12.0. The first-order valence-electron chi connectivity index (χ1n) is 7.00. The molecule has 1 heterocycles. The third kappa shape index (κ3) is 3.00. The van der Waals surface area contributed by atoms with Gasteiger partial charge in [0.1, 0.15) is 0 Å². The second-order valence-corrected chi connectivity index (χ2v) is 5.86. The SMILES string of the molecule is O=C(N/N=C/c1cccc(Cl)c1Cl)c1n[nH]c2c1CCCC2. The van der Waals surface area contributed by atoms with Crippen molar-refractivity contribution in [2.24, 2.45) is 5.10 Å². The highest BCUT2D eigenvalue weighted by Crippen LogP contribution is 2.24. The van der Waals surface area contributed by atoms with Crippen molar-refractivity contribution >= 4 is 35.3 Å². The standard InChI is InChI=1S/C15H14Cl2N4O/c16-11-6-3-4-9(13(11)17)8-18-21-15(22)14-10-5-1-2-7-12(10)19-20-14/h3-4,6,8H,1-2,5,7H2,(H,19,20)(H,21,22)/b18-8+. The van der Waals surface area contributed by atoms with E-state index in [4.69, 9.17) is 23.2 Å². The summed E-state index contributed by atoms with van der Waals surface area (Å²) in [4.78, 5) is 12.2. The number of benzene rings is 1. The first-order chi connectivity index (χ1) is 10.7. The molecule has 1 aromatic carbocycles. The van der Waals surface area contributed by atoms with Crippen LogP contribution < -0.4 is 5.43 Å². The molecule has 0 radical (unpaired) electrons. The van der Waals surface area contributed by atoms with Gasteiger partial charge in [-0.25, -0.2) is 5.43 Å². The Morgan fingerprint density at radius 3 is 3.00 bits per heavy atom. The molecule has 1 aliphatic carbocycles. The van der Waals surface area contributed by atoms with Crippen LogP contribution in [-0.4, -0.2) is 22.3 Å². The summed E-state index contributed by atoms with van der Waals surface area (Å²) in [5, 5.41) is 11.8. The maximum absolute atomic E-state index is 12.2. The molecule has 114 valence electrons. The average molecular weight is 337 g/mol. The van der Waals surface area contributed by atoms with Crippen LogP contribution in [0.5, 0.6) is 0 Å². The van der Waals surface area contributed by atoms with Gasteiger partial charge in [0.25, 0.3) is 5.91 Å². The molecule has 0 saturated heterocycles. The fraction of sp³-hybridized carbons (Fsp3) is 0.267. The van der Waals surface area contributed by atoms with Crippen LogP contribution in [0.3, 0.4) is 0 Å². The number of amides is 1. The molecule has 1 aromatic heterocycles. The van der Waals surface area contributed by atoms with Gasteiger partial charge in [0.15, 0.2) is 5.69 Å². The number of hydrazone groups is 1. The van der Waals surface area contributed by atoms with Gasteiger partial charge in [-0.3, -0.25) is 9.89 Å². The Labute approximate surface area is 137 Å². The van der Waals surface area contributed by atoms with Crippen molar-refractivity contribution in [2.75, 3.05) is 0 Å². The summed E-state index contributed by atoms with van der Waals surface area (Å²) in [6.07, 6.45) is 5.48. The quantitative estimate of drug-likeness (QED) is 0.666. The zero-order chi connectivity index (χ0) is 15.5. The normalized spacial score (nSPS) is 14.1. The molecule has 1 amide bonds. The summed E-state index contributed by atoms with van der Waals surface area (Å²) in [5.41, 5.74) is 5.59. The van der Waals surface area contributed by atoms with Crippen molar-refractivity contribution in [2.45, 2.75) is 25.7 Å². The molecule has 1 aliphatic rings. The van der Waals surface area contributed by atoms with Gasteiger partial charge in [-0.05, 0) is 31.7 Å².